The van der Waals surface area contributed by atoms with Gasteiger partial charge in [0.15, 0.2) is 0 Å². The number of rotatable bonds is 2. The molecule has 0 fully saturated rings. The van der Waals surface area contributed by atoms with Crippen LogP contribution in [-0.4, -0.2) is 20.4 Å². The van der Waals surface area contributed by atoms with Gasteiger partial charge in [-0.3, -0.25) is 0 Å². The van der Waals surface area contributed by atoms with E-state index in [1.165, 1.54) is 5.56 Å². The average Bonchev–Trinajstić information content (AvgIpc) is 2.57. The molecule has 0 radical (unpaired) electrons. The van der Waals surface area contributed by atoms with Crippen molar-refractivity contribution in [3.8, 4) is 34.6 Å². The quantitative estimate of drug-likeness (QED) is 0.678. The molecule has 0 spiro atoms. The maximum atomic E-state index is 4.16. The Kier molecular flexibility index (Phi) is 3.88. The third-order valence-electron chi connectivity index (χ3n) is 3.20. The Bertz CT molecular complexity index is 824. The predicted octanol–water partition coefficient (Wildman–Crippen LogP) is 3.28. The van der Waals surface area contributed by atoms with Crippen molar-refractivity contribution in [3.05, 3.63) is 59.7 Å². The van der Waals surface area contributed by atoms with Crippen LogP contribution in [-0.2, 0) is 0 Å². The molecule has 2 aromatic carbocycles. The minimum Gasteiger partial charge on any atom is -0.126 e. The van der Waals surface area contributed by atoms with Crippen molar-refractivity contribution >= 4 is 0 Å². The van der Waals surface area contributed by atoms with Gasteiger partial charge in [-0.2, -0.15) is 0 Å². The van der Waals surface area contributed by atoms with Crippen molar-refractivity contribution in [1.82, 2.24) is 20.4 Å². The van der Waals surface area contributed by atoms with Crippen LogP contribution in [0.2, 0.25) is 0 Å². The van der Waals surface area contributed by atoms with E-state index in [0.717, 1.165) is 16.7 Å². The van der Waals surface area contributed by atoms with Crippen LogP contribution in [0.25, 0.3) is 22.8 Å². The Morgan fingerprint density at radius 1 is 0.682 bits per heavy atom. The first-order valence-electron chi connectivity index (χ1n) is 6.94. The summed E-state index contributed by atoms with van der Waals surface area (Å²) in [6.45, 7) is 3.85. The zero-order valence-corrected chi connectivity index (χ0v) is 12.4. The molecule has 0 aliphatic carbocycles. The summed E-state index contributed by atoms with van der Waals surface area (Å²) in [5.74, 6) is 6.90. The van der Waals surface area contributed by atoms with Crippen molar-refractivity contribution in [1.29, 1.82) is 0 Å². The lowest BCUT2D eigenvalue weighted by atomic mass is 10.1. The Labute approximate surface area is 129 Å². The first kappa shape index (κ1) is 13.9. The van der Waals surface area contributed by atoms with Crippen LogP contribution in [0, 0.1) is 18.8 Å². The molecule has 0 N–H and O–H groups in total. The normalized spacial score (nSPS) is 9.91. The molecule has 0 saturated carbocycles. The van der Waals surface area contributed by atoms with Crippen molar-refractivity contribution in [2.45, 2.75) is 13.8 Å². The Balaban J connectivity index is 1.87. The van der Waals surface area contributed by atoms with Crippen molar-refractivity contribution < 1.29 is 0 Å². The monoisotopic (exact) mass is 286 g/mol. The number of nitrogens with zero attached hydrogens (tertiary/aromatic N) is 4. The summed E-state index contributed by atoms with van der Waals surface area (Å²) in [5.41, 5.74) is 3.93. The first-order valence-corrected chi connectivity index (χ1v) is 6.94. The largest absolute Gasteiger partial charge is 0.203 e. The summed E-state index contributed by atoms with van der Waals surface area (Å²) in [5, 5.41) is 16.7. The fourth-order valence-corrected chi connectivity index (χ4v) is 2.01. The third kappa shape index (κ3) is 2.99. The highest BCUT2D eigenvalue weighted by Gasteiger charge is 2.06. The van der Waals surface area contributed by atoms with Crippen molar-refractivity contribution in [2.24, 2.45) is 0 Å². The molecule has 0 unspecified atom stereocenters. The van der Waals surface area contributed by atoms with Crippen LogP contribution in [0.4, 0.5) is 0 Å². The highest BCUT2D eigenvalue weighted by atomic mass is 15.3. The molecular formula is C18H14N4. The second-order valence-corrected chi connectivity index (χ2v) is 4.87. The fraction of sp³-hybridized carbons (Fsp3) is 0.111. The number of hydrogen-bond donors (Lipinski definition) is 0. The molecule has 22 heavy (non-hydrogen) atoms. The van der Waals surface area contributed by atoms with E-state index in [1.807, 2.05) is 62.4 Å². The zero-order valence-electron chi connectivity index (χ0n) is 12.4. The lowest BCUT2D eigenvalue weighted by Gasteiger charge is -2.01. The summed E-state index contributed by atoms with van der Waals surface area (Å²) in [4.78, 5) is 0. The molecule has 0 bridgehead atoms. The summed E-state index contributed by atoms with van der Waals surface area (Å²) >= 11 is 0. The first-order chi connectivity index (χ1) is 10.8. The molecule has 0 aliphatic heterocycles. The summed E-state index contributed by atoms with van der Waals surface area (Å²) in [6.07, 6.45) is 0. The van der Waals surface area contributed by atoms with Gasteiger partial charge in [0.05, 0.1) is 0 Å². The van der Waals surface area contributed by atoms with Crippen LogP contribution >= 0.6 is 0 Å². The van der Waals surface area contributed by atoms with Gasteiger partial charge >= 0.3 is 0 Å². The zero-order chi connectivity index (χ0) is 15.4. The van der Waals surface area contributed by atoms with Crippen LogP contribution in [0.15, 0.2) is 48.5 Å². The van der Waals surface area contributed by atoms with Gasteiger partial charge in [0.25, 0.3) is 0 Å². The van der Waals surface area contributed by atoms with E-state index < -0.39 is 0 Å². The van der Waals surface area contributed by atoms with Gasteiger partial charge < -0.3 is 0 Å². The highest BCUT2D eigenvalue weighted by Crippen LogP contribution is 2.17. The van der Waals surface area contributed by atoms with Gasteiger partial charge in [-0.1, -0.05) is 35.7 Å². The topological polar surface area (TPSA) is 51.6 Å². The smallest absolute Gasteiger partial charge is 0.126 e. The second kappa shape index (κ2) is 6.15. The summed E-state index contributed by atoms with van der Waals surface area (Å²) in [7, 11) is 0. The van der Waals surface area contributed by atoms with Gasteiger partial charge in [0.1, 0.15) is 0 Å². The molecule has 0 saturated heterocycles. The van der Waals surface area contributed by atoms with Gasteiger partial charge in [-0.25, -0.2) is 0 Å². The second-order valence-electron chi connectivity index (χ2n) is 4.87. The molecule has 0 amide bonds. The van der Waals surface area contributed by atoms with E-state index in [-0.39, 0.29) is 0 Å². The van der Waals surface area contributed by atoms with E-state index in [2.05, 4.69) is 32.2 Å². The predicted molar refractivity (Wildman–Crippen MR) is 85.8 cm³/mol. The molecule has 0 atom stereocenters. The Hall–Kier alpha value is -3.06. The highest BCUT2D eigenvalue weighted by molar-refractivity contribution is 5.58. The average molecular weight is 286 g/mol. The minimum absolute atomic E-state index is 0.506. The van der Waals surface area contributed by atoms with Gasteiger partial charge in [-0.05, 0) is 38.1 Å². The summed E-state index contributed by atoms with van der Waals surface area (Å²) in [6, 6.07) is 15.7. The van der Waals surface area contributed by atoms with E-state index in [4.69, 9.17) is 0 Å². The third-order valence-corrected chi connectivity index (χ3v) is 3.20. The van der Waals surface area contributed by atoms with Gasteiger partial charge in [-0.15, -0.1) is 26.3 Å². The molecule has 0 aliphatic rings. The van der Waals surface area contributed by atoms with Crippen LogP contribution in [0.1, 0.15) is 18.1 Å². The van der Waals surface area contributed by atoms with Crippen LogP contribution in [0.5, 0.6) is 0 Å². The minimum atomic E-state index is 0.506. The molecule has 3 aromatic rings. The van der Waals surface area contributed by atoms with Crippen LogP contribution < -0.4 is 0 Å². The molecule has 1 aromatic heterocycles. The standard InChI is InChI=1S/C18H14N4/c1-3-4-14-7-11-16(12-8-14)18-21-19-17(20-22-18)15-9-5-13(2)6-10-15/h5-12H,1-2H3. The Morgan fingerprint density at radius 2 is 1.14 bits per heavy atom. The molecule has 3 rings (SSSR count). The van der Waals surface area contributed by atoms with Crippen molar-refractivity contribution in [3.63, 3.8) is 0 Å². The number of aromatic nitrogens is 4. The summed E-state index contributed by atoms with van der Waals surface area (Å²) < 4.78 is 0. The van der Waals surface area contributed by atoms with Gasteiger partial charge in [0, 0.05) is 16.7 Å². The molecule has 106 valence electrons. The van der Waals surface area contributed by atoms with Crippen molar-refractivity contribution in [2.75, 3.05) is 0 Å². The molecule has 4 nitrogen and oxygen atoms in total. The van der Waals surface area contributed by atoms with E-state index in [9.17, 15) is 0 Å². The fourth-order valence-electron chi connectivity index (χ4n) is 2.01. The molecule has 4 heteroatoms. The maximum absolute atomic E-state index is 4.16. The Morgan fingerprint density at radius 3 is 1.59 bits per heavy atom. The van der Waals surface area contributed by atoms with E-state index in [1.54, 1.807) is 0 Å². The number of aryl methyl sites for hydroxylation is 1. The van der Waals surface area contributed by atoms with E-state index >= 15 is 0 Å². The molecular weight excluding hydrogens is 272 g/mol. The number of benzene rings is 2. The maximum Gasteiger partial charge on any atom is 0.203 e. The lowest BCUT2D eigenvalue weighted by molar-refractivity contribution is 0.876. The van der Waals surface area contributed by atoms with E-state index in [0.29, 0.717) is 11.6 Å². The lowest BCUT2D eigenvalue weighted by Crippen LogP contribution is -1.99. The van der Waals surface area contributed by atoms with Gasteiger partial charge in [0.2, 0.25) is 11.6 Å². The van der Waals surface area contributed by atoms with Crippen LogP contribution in [0.3, 0.4) is 0 Å². The number of hydrogen-bond acceptors (Lipinski definition) is 4. The SMILES string of the molecule is CC#Cc1ccc(-c2nnc(-c3ccc(C)cc3)nn2)cc1. The molecule has 1 heterocycles.